The van der Waals surface area contributed by atoms with E-state index in [0.29, 0.717) is 13.0 Å². The maximum absolute atomic E-state index is 12.6. The van der Waals surface area contributed by atoms with Gasteiger partial charge in [-0.2, -0.15) is 0 Å². The molecule has 5 heteroatoms. The first kappa shape index (κ1) is 19.1. The van der Waals surface area contributed by atoms with E-state index in [1.807, 2.05) is 49.1 Å². The highest BCUT2D eigenvalue weighted by molar-refractivity contribution is 5.95. The second kappa shape index (κ2) is 8.26. The monoisotopic (exact) mass is 360 g/mol. The molecule has 1 heterocycles. The van der Waals surface area contributed by atoms with E-state index in [4.69, 9.17) is 10.5 Å². The van der Waals surface area contributed by atoms with Gasteiger partial charge in [0, 0.05) is 17.9 Å². The summed E-state index contributed by atoms with van der Waals surface area (Å²) in [7, 11) is 0. The number of carbonyl (C=O) groups is 1. The average Bonchev–Trinajstić information content (AvgIpc) is 2.58. The molecule has 3 rings (SSSR count). The number of halogens is 1. The number of nitrogens with zero attached hydrogens (tertiary/aromatic N) is 1. The van der Waals surface area contributed by atoms with Crippen molar-refractivity contribution in [3.63, 3.8) is 0 Å². The molecular formula is C20H25ClN2O2. The summed E-state index contributed by atoms with van der Waals surface area (Å²) in [4.78, 5) is 14.5. The van der Waals surface area contributed by atoms with Gasteiger partial charge in [0.15, 0.2) is 0 Å². The molecule has 0 unspecified atom stereocenters. The largest absolute Gasteiger partial charge is 0.493 e. The fourth-order valence-electron chi connectivity index (χ4n) is 3.16. The summed E-state index contributed by atoms with van der Waals surface area (Å²) in [6.45, 7) is 5.18. The lowest BCUT2D eigenvalue weighted by atomic mass is 9.99. The number of hydrogen-bond donors (Lipinski definition) is 1. The predicted molar refractivity (Wildman–Crippen MR) is 105 cm³/mol. The molecule has 0 bridgehead atoms. The molecule has 0 aliphatic carbocycles. The van der Waals surface area contributed by atoms with E-state index in [9.17, 15) is 4.79 Å². The van der Waals surface area contributed by atoms with Crippen molar-refractivity contribution >= 4 is 29.7 Å². The second-order valence-electron chi connectivity index (χ2n) is 6.36. The number of hydrogen-bond acceptors (Lipinski definition) is 3. The van der Waals surface area contributed by atoms with E-state index in [1.165, 1.54) is 0 Å². The molecule has 2 aromatic rings. The number of aryl methyl sites for hydroxylation is 2. The molecule has 0 fully saturated rings. The zero-order valence-corrected chi connectivity index (χ0v) is 15.6. The van der Waals surface area contributed by atoms with Gasteiger partial charge in [0.05, 0.1) is 13.0 Å². The fraction of sp³-hybridized carbons (Fsp3) is 0.350. The molecule has 4 nitrogen and oxygen atoms in total. The Morgan fingerprint density at radius 3 is 2.84 bits per heavy atom. The van der Waals surface area contributed by atoms with Crippen molar-refractivity contribution in [2.45, 2.75) is 33.1 Å². The Labute approximate surface area is 155 Å². The summed E-state index contributed by atoms with van der Waals surface area (Å²) in [5.41, 5.74) is 11.1. The molecule has 0 saturated carbocycles. The van der Waals surface area contributed by atoms with Crippen molar-refractivity contribution in [3.05, 3.63) is 53.1 Å². The molecule has 2 N–H and O–H groups in total. The van der Waals surface area contributed by atoms with E-state index in [-0.39, 0.29) is 18.3 Å². The van der Waals surface area contributed by atoms with Gasteiger partial charge in [-0.25, -0.2) is 0 Å². The van der Waals surface area contributed by atoms with Crippen LogP contribution in [0.15, 0.2) is 36.4 Å². The van der Waals surface area contributed by atoms with Crippen molar-refractivity contribution in [1.82, 2.24) is 0 Å². The van der Waals surface area contributed by atoms with E-state index in [1.54, 1.807) is 0 Å². The van der Waals surface area contributed by atoms with Crippen molar-refractivity contribution < 1.29 is 9.53 Å². The van der Waals surface area contributed by atoms with Crippen LogP contribution in [0.4, 0.5) is 11.4 Å². The molecule has 0 atom stereocenters. The quantitative estimate of drug-likeness (QED) is 0.836. The molecule has 0 saturated heterocycles. The summed E-state index contributed by atoms with van der Waals surface area (Å²) in [6.07, 6.45) is 2.25. The summed E-state index contributed by atoms with van der Waals surface area (Å²) < 4.78 is 5.82. The van der Waals surface area contributed by atoms with Gasteiger partial charge in [0.25, 0.3) is 0 Å². The van der Waals surface area contributed by atoms with Crippen LogP contribution < -0.4 is 15.4 Å². The first-order valence-electron chi connectivity index (χ1n) is 8.44. The maximum atomic E-state index is 12.6. The lowest BCUT2D eigenvalue weighted by molar-refractivity contribution is -0.119. The molecule has 1 amide bonds. The highest BCUT2D eigenvalue weighted by Crippen LogP contribution is 2.31. The number of carbonyl (C=O) groups excluding carboxylic acids is 1. The summed E-state index contributed by atoms with van der Waals surface area (Å²) in [6, 6.07) is 11.9. The van der Waals surface area contributed by atoms with Crippen molar-refractivity contribution in [3.8, 4) is 5.75 Å². The van der Waals surface area contributed by atoms with Gasteiger partial charge in [-0.3, -0.25) is 4.79 Å². The van der Waals surface area contributed by atoms with Crippen LogP contribution in [-0.4, -0.2) is 19.1 Å². The van der Waals surface area contributed by atoms with Gasteiger partial charge in [0.2, 0.25) is 5.91 Å². The normalized spacial score (nSPS) is 13.0. The Bertz CT molecular complexity index is 761. The SMILES string of the molecule is Cc1ccc(C)c(OCCC(=O)N2CCCc3c(N)cccc32)c1.Cl. The lowest BCUT2D eigenvalue weighted by Crippen LogP contribution is -2.36. The molecule has 0 aromatic heterocycles. The standard InChI is InChI=1S/C20H24N2O2.ClH/c1-14-8-9-15(2)19(13-14)24-12-10-20(23)22-11-4-5-16-17(21)6-3-7-18(16)22;/h3,6-9,13H,4-5,10-12,21H2,1-2H3;1H. The topological polar surface area (TPSA) is 55.6 Å². The highest BCUT2D eigenvalue weighted by Gasteiger charge is 2.23. The van der Waals surface area contributed by atoms with Gasteiger partial charge in [-0.15, -0.1) is 12.4 Å². The Kier molecular flexibility index (Phi) is 6.32. The maximum Gasteiger partial charge on any atom is 0.230 e. The van der Waals surface area contributed by atoms with Crippen LogP contribution in [-0.2, 0) is 11.2 Å². The first-order valence-corrected chi connectivity index (χ1v) is 8.44. The number of benzene rings is 2. The number of amides is 1. The third kappa shape index (κ3) is 4.26. The van der Waals surface area contributed by atoms with E-state index < -0.39 is 0 Å². The predicted octanol–water partition coefficient (Wildman–Crippen LogP) is 4.06. The molecular weight excluding hydrogens is 336 g/mol. The van der Waals surface area contributed by atoms with Crippen LogP contribution in [0.2, 0.25) is 0 Å². The van der Waals surface area contributed by atoms with Crippen molar-refractivity contribution in [2.24, 2.45) is 0 Å². The number of ether oxygens (including phenoxy) is 1. The minimum atomic E-state index is 0. The summed E-state index contributed by atoms with van der Waals surface area (Å²) >= 11 is 0. The van der Waals surface area contributed by atoms with Crippen molar-refractivity contribution in [1.29, 1.82) is 0 Å². The number of fused-ring (bicyclic) bond motifs is 1. The van der Waals surface area contributed by atoms with Gasteiger partial charge >= 0.3 is 0 Å². The zero-order chi connectivity index (χ0) is 17.1. The molecule has 0 spiro atoms. The van der Waals surface area contributed by atoms with Crippen molar-refractivity contribution in [2.75, 3.05) is 23.8 Å². The van der Waals surface area contributed by atoms with Crippen LogP contribution in [0.1, 0.15) is 29.5 Å². The molecule has 2 aromatic carbocycles. The average molecular weight is 361 g/mol. The van der Waals surface area contributed by atoms with Gasteiger partial charge < -0.3 is 15.4 Å². The summed E-state index contributed by atoms with van der Waals surface area (Å²) in [5.74, 6) is 0.943. The fourth-order valence-corrected chi connectivity index (χ4v) is 3.16. The van der Waals surface area contributed by atoms with Crippen LogP contribution in [0.25, 0.3) is 0 Å². The first-order chi connectivity index (χ1) is 11.6. The lowest BCUT2D eigenvalue weighted by Gasteiger charge is -2.30. The smallest absolute Gasteiger partial charge is 0.230 e. The number of rotatable bonds is 4. The Balaban J connectivity index is 0.00000225. The van der Waals surface area contributed by atoms with Crippen LogP contribution in [0.5, 0.6) is 5.75 Å². The second-order valence-corrected chi connectivity index (χ2v) is 6.36. The number of nitrogen functional groups attached to an aromatic ring is 1. The van der Waals surface area contributed by atoms with E-state index >= 15 is 0 Å². The summed E-state index contributed by atoms with van der Waals surface area (Å²) in [5, 5.41) is 0. The third-order valence-electron chi connectivity index (χ3n) is 4.51. The van der Waals surface area contributed by atoms with E-state index in [2.05, 4.69) is 6.07 Å². The molecule has 1 aliphatic heterocycles. The molecule has 0 radical (unpaired) electrons. The van der Waals surface area contributed by atoms with Crippen LogP contribution in [0.3, 0.4) is 0 Å². The Hall–Kier alpha value is -2.20. The van der Waals surface area contributed by atoms with Crippen LogP contribution in [0, 0.1) is 13.8 Å². The zero-order valence-electron chi connectivity index (χ0n) is 14.7. The number of anilines is 2. The Morgan fingerprint density at radius 1 is 1.24 bits per heavy atom. The van der Waals surface area contributed by atoms with E-state index in [0.717, 1.165) is 53.2 Å². The van der Waals surface area contributed by atoms with Gasteiger partial charge in [-0.1, -0.05) is 18.2 Å². The van der Waals surface area contributed by atoms with Gasteiger partial charge in [-0.05, 0) is 61.6 Å². The Morgan fingerprint density at radius 2 is 2.04 bits per heavy atom. The molecule has 134 valence electrons. The number of nitrogens with two attached hydrogens (primary N) is 1. The van der Waals surface area contributed by atoms with Crippen LogP contribution >= 0.6 is 12.4 Å². The molecule has 1 aliphatic rings. The third-order valence-corrected chi connectivity index (χ3v) is 4.51. The minimum absolute atomic E-state index is 0. The highest BCUT2D eigenvalue weighted by atomic mass is 35.5. The minimum Gasteiger partial charge on any atom is -0.493 e. The molecule has 25 heavy (non-hydrogen) atoms. The van der Waals surface area contributed by atoms with Gasteiger partial charge in [0.1, 0.15) is 5.75 Å².